The Kier molecular flexibility index (Phi) is 3.03. The number of hydrogen-bond acceptors (Lipinski definition) is 5. The highest BCUT2D eigenvalue weighted by Gasteiger charge is 2.13. The minimum absolute atomic E-state index is 0.142. The van der Waals surface area contributed by atoms with Crippen LogP contribution >= 0.6 is 0 Å². The van der Waals surface area contributed by atoms with Gasteiger partial charge in [0.05, 0.1) is 22.2 Å². The molecule has 2 heterocycles. The first-order valence-electron chi connectivity index (χ1n) is 5.99. The Morgan fingerprint density at radius 1 is 1.33 bits per heavy atom. The number of amides is 1. The van der Waals surface area contributed by atoms with Gasteiger partial charge in [-0.3, -0.25) is 25.2 Å². The maximum Gasteiger partial charge on any atom is 0.270 e. The molecule has 2 N–H and O–H groups in total. The Morgan fingerprint density at radius 2 is 2.19 bits per heavy atom. The number of nitrogens with zero attached hydrogens (tertiary/aromatic N) is 3. The van der Waals surface area contributed by atoms with Crippen molar-refractivity contribution in [2.45, 2.75) is 0 Å². The highest BCUT2D eigenvalue weighted by Crippen LogP contribution is 2.16. The summed E-state index contributed by atoms with van der Waals surface area (Å²) in [6.45, 7) is 0. The van der Waals surface area contributed by atoms with Gasteiger partial charge in [0, 0.05) is 23.9 Å². The molecule has 0 saturated heterocycles. The van der Waals surface area contributed by atoms with Crippen LogP contribution in [-0.4, -0.2) is 25.8 Å². The minimum atomic E-state index is -0.552. The van der Waals surface area contributed by atoms with Gasteiger partial charge in [0.25, 0.3) is 11.6 Å². The Hall–Kier alpha value is -3.29. The van der Waals surface area contributed by atoms with Crippen molar-refractivity contribution < 1.29 is 9.72 Å². The summed E-state index contributed by atoms with van der Waals surface area (Å²) in [6.07, 6.45) is 3.18. The van der Waals surface area contributed by atoms with Crippen molar-refractivity contribution in [2.24, 2.45) is 0 Å². The van der Waals surface area contributed by atoms with Crippen LogP contribution in [0.15, 0.2) is 42.7 Å². The Balaban J connectivity index is 1.85. The number of nitro benzene ring substituents is 1. The van der Waals surface area contributed by atoms with Gasteiger partial charge in [-0.2, -0.15) is 0 Å². The largest absolute Gasteiger partial charge is 0.323 e. The molecule has 0 aliphatic heterocycles. The predicted molar refractivity (Wildman–Crippen MR) is 74.9 cm³/mol. The maximum absolute atomic E-state index is 12.1. The van der Waals surface area contributed by atoms with E-state index in [1.165, 1.54) is 24.3 Å². The molecule has 0 bridgehead atoms. The Morgan fingerprint density at radius 3 is 2.95 bits per heavy atom. The number of aromatic nitrogens is 3. The van der Waals surface area contributed by atoms with E-state index in [9.17, 15) is 14.9 Å². The molecule has 8 nitrogen and oxygen atoms in total. The van der Waals surface area contributed by atoms with Crippen LogP contribution in [0.3, 0.4) is 0 Å². The van der Waals surface area contributed by atoms with Crippen LogP contribution in [0.1, 0.15) is 10.4 Å². The number of carbonyl (C=O) groups is 1. The van der Waals surface area contributed by atoms with Crippen molar-refractivity contribution in [3.63, 3.8) is 0 Å². The van der Waals surface area contributed by atoms with Crippen LogP contribution in [0.25, 0.3) is 11.0 Å². The van der Waals surface area contributed by atoms with Gasteiger partial charge in [-0.05, 0) is 12.1 Å². The standard InChI is InChI=1S/C13H9N5O3/c19-12(8-2-1-3-9(6-8)18(20)21)17-13-15-10-4-5-14-7-11(10)16-13/h1-7H,(H2,15,16,17,19). The Labute approximate surface area is 118 Å². The molecule has 0 saturated carbocycles. The molecule has 21 heavy (non-hydrogen) atoms. The van der Waals surface area contributed by atoms with E-state index in [-0.39, 0.29) is 17.2 Å². The smallest absolute Gasteiger partial charge is 0.270 e. The SMILES string of the molecule is O=C(Nc1nc2ccncc2[nH]1)c1cccc([N+](=O)[O-])c1. The summed E-state index contributed by atoms with van der Waals surface area (Å²) < 4.78 is 0. The van der Waals surface area contributed by atoms with Crippen LogP contribution < -0.4 is 5.32 Å². The van der Waals surface area contributed by atoms with Gasteiger partial charge in [0.2, 0.25) is 5.95 Å². The summed E-state index contributed by atoms with van der Waals surface area (Å²) >= 11 is 0. The lowest BCUT2D eigenvalue weighted by Gasteiger charge is -2.01. The fourth-order valence-corrected chi connectivity index (χ4v) is 1.86. The molecule has 0 radical (unpaired) electrons. The third kappa shape index (κ3) is 2.54. The summed E-state index contributed by atoms with van der Waals surface area (Å²) in [4.78, 5) is 33.2. The predicted octanol–water partition coefficient (Wildman–Crippen LogP) is 2.12. The molecule has 0 fully saturated rings. The van der Waals surface area contributed by atoms with E-state index >= 15 is 0 Å². The van der Waals surface area contributed by atoms with Gasteiger partial charge in [0.1, 0.15) is 0 Å². The van der Waals surface area contributed by atoms with Gasteiger partial charge in [-0.1, -0.05) is 6.07 Å². The van der Waals surface area contributed by atoms with Gasteiger partial charge in [-0.25, -0.2) is 4.98 Å². The zero-order valence-electron chi connectivity index (χ0n) is 10.6. The van der Waals surface area contributed by atoms with Crippen LogP contribution in [0, 0.1) is 10.1 Å². The van der Waals surface area contributed by atoms with E-state index in [1.807, 2.05) is 0 Å². The number of anilines is 1. The number of nitrogens with one attached hydrogen (secondary N) is 2. The van der Waals surface area contributed by atoms with Crippen molar-refractivity contribution in [3.05, 3.63) is 58.4 Å². The van der Waals surface area contributed by atoms with Gasteiger partial charge in [0.15, 0.2) is 0 Å². The average Bonchev–Trinajstić information content (AvgIpc) is 2.89. The van der Waals surface area contributed by atoms with E-state index in [4.69, 9.17) is 0 Å². The zero-order valence-corrected chi connectivity index (χ0v) is 10.6. The van der Waals surface area contributed by atoms with E-state index in [0.29, 0.717) is 11.0 Å². The number of fused-ring (bicyclic) bond motifs is 1. The summed E-state index contributed by atoms with van der Waals surface area (Å²) in [5.74, 6) is -0.222. The summed E-state index contributed by atoms with van der Waals surface area (Å²) in [7, 11) is 0. The first kappa shape index (κ1) is 12.7. The van der Waals surface area contributed by atoms with Crippen molar-refractivity contribution >= 4 is 28.6 Å². The van der Waals surface area contributed by atoms with Crippen LogP contribution in [-0.2, 0) is 0 Å². The molecule has 1 amide bonds. The Bertz CT molecular complexity index is 809. The van der Waals surface area contributed by atoms with Crippen molar-refractivity contribution in [1.82, 2.24) is 15.0 Å². The molecule has 1 aromatic carbocycles. The lowest BCUT2D eigenvalue weighted by molar-refractivity contribution is -0.384. The monoisotopic (exact) mass is 283 g/mol. The second-order valence-electron chi connectivity index (χ2n) is 4.24. The van der Waals surface area contributed by atoms with Gasteiger partial charge < -0.3 is 4.98 Å². The van der Waals surface area contributed by atoms with Crippen molar-refractivity contribution in [1.29, 1.82) is 0 Å². The first-order valence-corrected chi connectivity index (χ1v) is 5.99. The number of benzene rings is 1. The quantitative estimate of drug-likeness (QED) is 0.564. The summed E-state index contributed by atoms with van der Waals surface area (Å²) in [6, 6.07) is 7.18. The van der Waals surface area contributed by atoms with E-state index in [2.05, 4.69) is 20.3 Å². The van der Waals surface area contributed by atoms with E-state index in [0.717, 1.165) is 0 Å². The molecule has 0 aliphatic rings. The lowest BCUT2D eigenvalue weighted by Crippen LogP contribution is -2.13. The summed E-state index contributed by atoms with van der Waals surface area (Å²) in [5.41, 5.74) is 1.39. The molecule has 0 unspecified atom stereocenters. The highest BCUT2D eigenvalue weighted by molar-refractivity contribution is 6.04. The van der Waals surface area contributed by atoms with Crippen LogP contribution in [0.5, 0.6) is 0 Å². The number of hydrogen-bond donors (Lipinski definition) is 2. The lowest BCUT2D eigenvalue weighted by atomic mass is 10.2. The second-order valence-corrected chi connectivity index (χ2v) is 4.24. The molecule has 0 spiro atoms. The van der Waals surface area contributed by atoms with Crippen LogP contribution in [0.2, 0.25) is 0 Å². The fourth-order valence-electron chi connectivity index (χ4n) is 1.86. The van der Waals surface area contributed by atoms with E-state index < -0.39 is 10.8 Å². The fraction of sp³-hybridized carbons (Fsp3) is 0. The number of H-pyrrole nitrogens is 1. The third-order valence-electron chi connectivity index (χ3n) is 2.83. The maximum atomic E-state index is 12.1. The van der Waals surface area contributed by atoms with E-state index in [1.54, 1.807) is 18.5 Å². The third-order valence-corrected chi connectivity index (χ3v) is 2.83. The number of aromatic amines is 1. The zero-order chi connectivity index (χ0) is 14.8. The number of imidazole rings is 1. The number of carbonyl (C=O) groups excluding carboxylic acids is 1. The molecule has 8 heteroatoms. The topological polar surface area (TPSA) is 114 Å². The molecule has 0 atom stereocenters. The molecule has 104 valence electrons. The summed E-state index contributed by atoms with van der Waals surface area (Å²) in [5, 5.41) is 13.3. The average molecular weight is 283 g/mol. The van der Waals surface area contributed by atoms with Crippen molar-refractivity contribution in [3.8, 4) is 0 Å². The molecule has 3 rings (SSSR count). The molecule has 0 aliphatic carbocycles. The second kappa shape index (κ2) is 5.00. The van der Waals surface area contributed by atoms with Crippen molar-refractivity contribution in [2.75, 3.05) is 5.32 Å². The molecular weight excluding hydrogens is 274 g/mol. The van der Waals surface area contributed by atoms with Crippen LogP contribution in [0.4, 0.5) is 11.6 Å². The van der Waals surface area contributed by atoms with Gasteiger partial charge in [-0.15, -0.1) is 0 Å². The van der Waals surface area contributed by atoms with Gasteiger partial charge >= 0.3 is 0 Å². The highest BCUT2D eigenvalue weighted by atomic mass is 16.6. The molecule has 3 aromatic rings. The first-order chi connectivity index (χ1) is 10.1. The number of rotatable bonds is 3. The number of nitro groups is 1. The minimum Gasteiger partial charge on any atom is -0.323 e. The number of pyridine rings is 1. The normalized spacial score (nSPS) is 10.5. The molecular formula is C13H9N5O3. The number of non-ortho nitro benzene ring substituents is 1. The molecule has 2 aromatic heterocycles.